The minimum Gasteiger partial charge on any atom is -0.462 e. The van der Waals surface area contributed by atoms with Crippen LogP contribution in [0, 0.1) is 5.92 Å². The molecule has 0 saturated heterocycles. The molecule has 0 aliphatic carbocycles. The van der Waals surface area contributed by atoms with Crippen molar-refractivity contribution in [2.45, 2.75) is 335 Å². The maximum absolute atomic E-state index is 13.0. The standard InChI is InChI=1S/C63H122O17P2/c1-6-9-12-15-18-21-23-25-27-34-39-44-49-63(68)80-59(53-74-61(66)47-42-37-32-29-28-30-35-40-45-56(4)5)55-78-82(71,72)76-51-57(64)50-75-81(69,70)77-54-58(52-73-60(65)46-41-36-31-20-17-14-11-8-3)79-62(67)48-43-38-33-26-24-22-19-16-13-10-7-2/h56-59,64H,6-55H2,1-5H3,(H,69,70)(H,71,72)/t57-,58+,59+/m0/s1. The van der Waals surface area contributed by atoms with E-state index in [2.05, 4.69) is 34.6 Å². The minimum absolute atomic E-state index is 0.107. The number of aliphatic hydroxyl groups is 1. The van der Waals surface area contributed by atoms with Gasteiger partial charge in [-0.25, -0.2) is 9.13 Å². The van der Waals surface area contributed by atoms with E-state index in [1.165, 1.54) is 135 Å². The van der Waals surface area contributed by atoms with Gasteiger partial charge in [0, 0.05) is 25.7 Å². The second-order valence-electron chi connectivity index (χ2n) is 23.3. The van der Waals surface area contributed by atoms with E-state index in [1.54, 1.807) is 0 Å². The zero-order valence-corrected chi connectivity index (χ0v) is 54.4. The van der Waals surface area contributed by atoms with Crippen molar-refractivity contribution in [2.75, 3.05) is 39.6 Å². The molecule has 3 N–H and O–H groups in total. The highest BCUT2D eigenvalue weighted by Gasteiger charge is 2.30. The number of rotatable bonds is 63. The Morgan fingerprint density at radius 2 is 0.561 bits per heavy atom. The number of unbranched alkanes of at least 4 members (excludes halogenated alkanes) is 35. The Labute approximate surface area is 498 Å². The SMILES string of the molecule is CCCCCCCCCCCCCCC(=O)O[C@H](COC(=O)CCCCCCCCCCC(C)C)COP(=O)(O)OC[C@@H](O)COP(=O)(O)OC[C@@H](COC(=O)CCCCCCCCCC)OC(=O)CCCCCCCCCCCCC. The van der Waals surface area contributed by atoms with Crippen molar-refractivity contribution in [1.82, 2.24) is 0 Å². The number of hydrogen-bond donors (Lipinski definition) is 3. The molecule has 0 aromatic heterocycles. The fourth-order valence-electron chi connectivity index (χ4n) is 9.41. The summed E-state index contributed by atoms with van der Waals surface area (Å²) in [5.74, 6) is -1.41. The molecule has 0 fully saturated rings. The summed E-state index contributed by atoms with van der Waals surface area (Å²) in [5.41, 5.74) is 0. The smallest absolute Gasteiger partial charge is 0.462 e. The third kappa shape index (κ3) is 57.2. The highest BCUT2D eigenvalue weighted by atomic mass is 31.2. The van der Waals surface area contributed by atoms with Crippen LogP contribution in [0.5, 0.6) is 0 Å². The molecule has 0 spiro atoms. The number of carbonyl (C=O) groups excluding carboxylic acids is 4. The normalized spacial score (nSPS) is 14.3. The van der Waals surface area contributed by atoms with E-state index in [0.29, 0.717) is 25.7 Å². The Morgan fingerprint density at radius 3 is 0.829 bits per heavy atom. The number of esters is 4. The molecule has 0 aliphatic heterocycles. The molecule has 0 saturated carbocycles. The van der Waals surface area contributed by atoms with Crippen LogP contribution in [0.3, 0.4) is 0 Å². The maximum Gasteiger partial charge on any atom is 0.472 e. The number of aliphatic hydroxyl groups excluding tert-OH is 1. The Hall–Kier alpha value is -1.94. The van der Waals surface area contributed by atoms with Gasteiger partial charge in [-0.3, -0.25) is 37.3 Å². The third-order valence-corrected chi connectivity index (χ3v) is 16.4. The lowest BCUT2D eigenvalue weighted by Crippen LogP contribution is -2.30. The summed E-state index contributed by atoms with van der Waals surface area (Å²) < 4.78 is 67.9. The number of ether oxygens (including phenoxy) is 4. The van der Waals surface area contributed by atoms with E-state index in [-0.39, 0.29) is 25.7 Å². The van der Waals surface area contributed by atoms with Crippen LogP contribution in [0.2, 0.25) is 0 Å². The van der Waals surface area contributed by atoms with Gasteiger partial charge in [0.05, 0.1) is 26.4 Å². The van der Waals surface area contributed by atoms with Gasteiger partial charge in [0.1, 0.15) is 19.3 Å². The van der Waals surface area contributed by atoms with Gasteiger partial charge in [0.25, 0.3) is 0 Å². The molecule has 0 radical (unpaired) electrons. The molecule has 0 aliphatic rings. The fourth-order valence-corrected chi connectivity index (χ4v) is 11.0. The molecule has 17 nitrogen and oxygen atoms in total. The third-order valence-electron chi connectivity index (χ3n) is 14.5. The van der Waals surface area contributed by atoms with Crippen LogP contribution in [0.1, 0.15) is 317 Å². The van der Waals surface area contributed by atoms with Gasteiger partial charge in [0.2, 0.25) is 0 Å². The molecule has 0 amide bonds. The van der Waals surface area contributed by atoms with Gasteiger partial charge in [-0.2, -0.15) is 0 Å². The molecule has 5 atom stereocenters. The summed E-state index contributed by atoms with van der Waals surface area (Å²) in [6.07, 6.45) is 40.3. The summed E-state index contributed by atoms with van der Waals surface area (Å²) in [5, 5.41) is 10.5. The van der Waals surface area contributed by atoms with Crippen molar-refractivity contribution >= 4 is 39.5 Å². The van der Waals surface area contributed by atoms with E-state index >= 15 is 0 Å². The van der Waals surface area contributed by atoms with Gasteiger partial charge < -0.3 is 33.8 Å². The van der Waals surface area contributed by atoms with Crippen molar-refractivity contribution in [3.05, 3.63) is 0 Å². The maximum atomic E-state index is 13.0. The number of phosphoric acid groups is 2. The number of carbonyl (C=O) groups is 4. The Morgan fingerprint density at radius 1 is 0.329 bits per heavy atom. The lowest BCUT2D eigenvalue weighted by atomic mass is 10.0. The molecular formula is C63H122O17P2. The molecule has 0 aromatic carbocycles. The fraction of sp³-hybridized carbons (Fsp3) is 0.937. The zero-order chi connectivity index (χ0) is 60.6. The summed E-state index contributed by atoms with van der Waals surface area (Å²) >= 11 is 0. The largest absolute Gasteiger partial charge is 0.472 e. The first kappa shape index (κ1) is 80.1. The number of phosphoric ester groups is 2. The monoisotopic (exact) mass is 1210 g/mol. The summed E-state index contributed by atoms with van der Waals surface area (Å²) in [7, 11) is -9.88. The molecule has 486 valence electrons. The summed E-state index contributed by atoms with van der Waals surface area (Å²) in [4.78, 5) is 72.1. The molecule has 0 heterocycles. The van der Waals surface area contributed by atoms with Crippen LogP contribution in [0.15, 0.2) is 0 Å². The molecule has 0 bridgehead atoms. The van der Waals surface area contributed by atoms with E-state index < -0.39 is 97.5 Å². The van der Waals surface area contributed by atoms with Gasteiger partial charge in [-0.15, -0.1) is 0 Å². The average molecular weight is 1210 g/mol. The van der Waals surface area contributed by atoms with Gasteiger partial charge >= 0.3 is 39.5 Å². The Kier molecular flexibility index (Phi) is 55.5. The van der Waals surface area contributed by atoms with Gasteiger partial charge in [-0.05, 0) is 31.6 Å². The van der Waals surface area contributed by atoms with Crippen LogP contribution in [-0.4, -0.2) is 96.7 Å². The minimum atomic E-state index is -4.94. The summed E-state index contributed by atoms with van der Waals surface area (Å²) in [6.45, 7) is 7.13. The zero-order valence-electron chi connectivity index (χ0n) is 52.6. The van der Waals surface area contributed by atoms with Crippen LogP contribution < -0.4 is 0 Å². The lowest BCUT2D eigenvalue weighted by Gasteiger charge is -2.21. The van der Waals surface area contributed by atoms with Crippen LogP contribution >= 0.6 is 15.6 Å². The first-order chi connectivity index (χ1) is 39.5. The van der Waals surface area contributed by atoms with E-state index in [9.17, 15) is 43.2 Å². The number of hydrogen-bond acceptors (Lipinski definition) is 15. The van der Waals surface area contributed by atoms with Crippen molar-refractivity contribution in [3.63, 3.8) is 0 Å². The van der Waals surface area contributed by atoms with Crippen LogP contribution in [-0.2, 0) is 65.4 Å². The van der Waals surface area contributed by atoms with E-state index in [0.717, 1.165) is 102 Å². The molecule has 2 unspecified atom stereocenters. The lowest BCUT2D eigenvalue weighted by molar-refractivity contribution is -0.161. The van der Waals surface area contributed by atoms with Crippen molar-refractivity contribution < 1.29 is 80.2 Å². The summed E-state index contributed by atoms with van der Waals surface area (Å²) in [6, 6.07) is 0. The van der Waals surface area contributed by atoms with Crippen molar-refractivity contribution in [1.29, 1.82) is 0 Å². The van der Waals surface area contributed by atoms with Crippen molar-refractivity contribution in [3.8, 4) is 0 Å². The first-order valence-electron chi connectivity index (χ1n) is 33.1. The van der Waals surface area contributed by atoms with Crippen LogP contribution in [0.4, 0.5) is 0 Å². The predicted octanol–water partition coefficient (Wildman–Crippen LogP) is 17.4. The van der Waals surface area contributed by atoms with Crippen molar-refractivity contribution in [2.24, 2.45) is 5.92 Å². The van der Waals surface area contributed by atoms with E-state index in [4.69, 9.17) is 37.0 Å². The van der Waals surface area contributed by atoms with E-state index in [1.807, 2.05) is 0 Å². The highest BCUT2D eigenvalue weighted by molar-refractivity contribution is 7.47. The molecule has 0 rings (SSSR count). The second kappa shape index (κ2) is 56.8. The van der Waals surface area contributed by atoms with Crippen LogP contribution in [0.25, 0.3) is 0 Å². The Balaban J connectivity index is 5.23. The van der Waals surface area contributed by atoms with Gasteiger partial charge in [0.15, 0.2) is 12.2 Å². The molecule has 0 aromatic rings. The highest BCUT2D eigenvalue weighted by Crippen LogP contribution is 2.45. The Bertz CT molecular complexity index is 1600. The molecule has 82 heavy (non-hydrogen) atoms. The quantitative estimate of drug-likeness (QED) is 0.0222. The first-order valence-corrected chi connectivity index (χ1v) is 36.1. The predicted molar refractivity (Wildman–Crippen MR) is 326 cm³/mol. The topological polar surface area (TPSA) is 237 Å². The molecule has 19 heteroatoms. The second-order valence-corrected chi connectivity index (χ2v) is 26.2. The molecular weight excluding hydrogens is 1090 g/mol. The van der Waals surface area contributed by atoms with Gasteiger partial charge in [-0.1, -0.05) is 266 Å². The average Bonchev–Trinajstić information content (AvgIpc) is 3.46.